The summed E-state index contributed by atoms with van der Waals surface area (Å²) in [5.74, 6) is -0.140. The van der Waals surface area contributed by atoms with Crippen LogP contribution in [0.2, 0.25) is 0 Å². The summed E-state index contributed by atoms with van der Waals surface area (Å²) in [6, 6.07) is 13.9. The van der Waals surface area contributed by atoms with Gasteiger partial charge in [-0.1, -0.05) is 24.3 Å². The third-order valence-corrected chi connectivity index (χ3v) is 4.22. The van der Waals surface area contributed by atoms with Gasteiger partial charge in [-0.2, -0.15) is 5.10 Å². The minimum atomic E-state index is -0.451. The SMILES string of the molecule is CC(NC(=O)CCNc1ccccc1[N+](=O)[O-])c1ccc(-n2cncn2)cc1. The predicted molar refractivity (Wildman–Crippen MR) is 104 cm³/mol. The summed E-state index contributed by atoms with van der Waals surface area (Å²) in [5, 5.41) is 20.9. The number of carbonyl (C=O) groups is 1. The highest BCUT2D eigenvalue weighted by Gasteiger charge is 2.13. The minimum Gasteiger partial charge on any atom is -0.379 e. The quantitative estimate of drug-likeness (QED) is 0.459. The van der Waals surface area contributed by atoms with Gasteiger partial charge in [0.05, 0.1) is 16.7 Å². The first-order valence-electron chi connectivity index (χ1n) is 8.76. The summed E-state index contributed by atoms with van der Waals surface area (Å²) in [5.41, 5.74) is 2.23. The van der Waals surface area contributed by atoms with Gasteiger partial charge in [-0.3, -0.25) is 14.9 Å². The lowest BCUT2D eigenvalue weighted by atomic mass is 10.1. The Balaban J connectivity index is 1.50. The van der Waals surface area contributed by atoms with Crippen LogP contribution in [-0.4, -0.2) is 32.1 Å². The summed E-state index contributed by atoms with van der Waals surface area (Å²) in [6.07, 6.45) is 3.28. The minimum absolute atomic E-state index is 0.0104. The Morgan fingerprint density at radius 3 is 2.64 bits per heavy atom. The van der Waals surface area contributed by atoms with E-state index in [-0.39, 0.29) is 24.1 Å². The maximum atomic E-state index is 12.2. The first-order chi connectivity index (χ1) is 13.5. The van der Waals surface area contributed by atoms with Crippen LogP contribution in [0.5, 0.6) is 0 Å². The molecule has 0 fully saturated rings. The topological polar surface area (TPSA) is 115 Å². The second kappa shape index (κ2) is 8.76. The molecule has 144 valence electrons. The van der Waals surface area contributed by atoms with Crippen LogP contribution in [0, 0.1) is 10.1 Å². The first kappa shape index (κ1) is 19.0. The van der Waals surface area contributed by atoms with Gasteiger partial charge in [0.2, 0.25) is 5.91 Å². The zero-order valence-corrected chi connectivity index (χ0v) is 15.3. The van der Waals surface area contributed by atoms with Gasteiger partial charge >= 0.3 is 0 Å². The summed E-state index contributed by atoms with van der Waals surface area (Å²) in [4.78, 5) is 26.6. The Morgan fingerprint density at radius 1 is 1.21 bits per heavy atom. The molecule has 3 aromatic rings. The molecule has 0 aliphatic rings. The van der Waals surface area contributed by atoms with Crippen LogP contribution in [0.3, 0.4) is 0 Å². The van der Waals surface area contributed by atoms with Crippen molar-refractivity contribution < 1.29 is 9.72 Å². The second-order valence-electron chi connectivity index (χ2n) is 6.17. The molecule has 1 amide bonds. The smallest absolute Gasteiger partial charge is 0.292 e. The lowest BCUT2D eigenvalue weighted by Crippen LogP contribution is -2.28. The van der Waals surface area contributed by atoms with E-state index >= 15 is 0 Å². The summed E-state index contributed by atoms with van der Waals surface area (Å²) < 4.78 is 1.65. The van der Waals surface area contributed by atoms with Gasteiger partial charge in [0.15, 0.2) is 0 Å². The molecule has 2 N–H and O–H groups in total. The Labute approximate surface area is 161 Å². The normalized spacial score (nSPS) is 11.6. The predicted octanol–water partition coefficient (Wildman–Crippen LogP) is 2.85. The van der Waals surface area contributed by atoms with Crippen molar-refractivity contribution in [2.45, 2.75) is 19.4 Å². The molecule has 1 unspecified atom stereocenters. The summed E-state index contributed by atoms with van der Waals surface area (Å²) in [6.45, 7) is 2.20. The standard InChI is InChI=1S/C19H20N6O3/c1-14(15-6-8-16(9-7-15)24-13-20-12-22-24)23-19(26)10-11-21-17-4-2-3-5-18(17)25(27)28/h2-9,12-14,21H,10-11H2,1H3,(H,23,26). The number of nitro groups is 1. The zero-order valence-electron chi connectivity index (χ0n) is 15.3. The van der Waals surface area contributed by atoms with Crippen molar-refractivity contribution in [3.63, 3.8) is 0 Å². The Hall–Kier alpha value is -3.75. The van der Waals surface area contributed by atoms with Gasteiger partial charge in [-0.05, 0) is 30.7 Å². The molecule has 0 radical (unpaired) electrons. The largest absolute Gasteiger partial charge is 0.379 e. The van der Waals surface area contributed by atoms with Crippen LogP contribution in [0.1, 0.15) is 24.9 Å². The van der Waals surface area contributed by atoms with Crippen LogP contribution in [-0.2, 0) is 4.79 Å². The van der Waals surface area contributed by atoms with E-state index < -0.39 is 4.92 Å². The van der Waals surface area contributed by atoms with Gasteiger partial charge < -0.3 is 10.6 Å². The van der Waals surface area contributed by atoms with Crippen LogP contribution in [0.4, 0.5) is 11.4 Å². The number of carbonyl (C=O) groups excluding carboxylic acids is 1. The van der Waals surface area contributed by atoms with Crippen molar-refractivity contribution in [3.8, 4) is 5.69 Å². The highest BCUT2D eigenvalue weighted by atomic mass is 16.6. The number of rotatable bonds is 8. The molecule has 0 bridgehead atoms. The number of para-hydroxylation sites is 2. The number of hydrogen-bond acceptors (Lipinski definition) is 6. The van der Waals surface area contributed by atoms with E-state index in [1.165, 1.54) is 12.4 Å². The highest BCUT2D eigenvalue weighted by Crippen LogP contribution is 2.23. The Bertz CT molecular complexity index is 941. The number of aromatic nitrogens is 3. The Morgan fingerprint density at radius 2 is 1.96 bits per heavy atom. The van der Waals surface area contributed by atoms with E-state index in [4.69, 9.17) is 0 Å². The van der Waals surface area contributed by atoms with Crippen molar-refractivity contribution >= 4 is 17.3 Å². The van der Waals surface area contributed by atoms with Crippen molar-refractivity contribution in [3.05, 3.63) is 76.9 Å². The number of anilines is 1. The number of amides is 1. The van der Waals surface area contributed by atoms with Crippen molar-refractivity contribution in [2.75, 3.05) is 11.9 Å². The van der Waals surface area contributed by atoms with E-state index in [2.05, 4.69) is 20.7 Å². The van der Waals surface area contributed by atoms with E-state index in [1.807, 2.05) is 31.2 Å². The molecule has 9 nitrogen and oxygen atoms in total. The van der Waals surface area contributed by atoms with Crippen LogP contribution in [0.25, 0.3) is 5.69 Å². The molecule has 0 aliphatic heterocycles. The molecule has 1 heterocycles. The number of nitrogens with one attached hydrogen (secondary N) is 2. The first-order valence-corrected chi connectivity index (χ1v) is 8.76. The number of nitrogens with zero attached hydrogens (tertiary/aromatic N) is 4. The molecule has 28 heavy (non-hydrogen) atoms. The second-order valence-corrected chi connectivity index (χ2v) is 6.17. The molecule has 0 spiro atoms. The molecular weight excluding hydrogens is 360 g/mol. The Kier molecular flexibility index (Phi) is 5.95. The van der Waals surface area contributed by atoms with E-state index in [9.17, 15) is 14.9 Å². The molecular formula is C19H20N6O3. The van der Waals surface area contributed by atoms with Crippen molar-refractivity contribution in [2.24, 2.45) is 0 Å². The lowest BCUT2D eigenvalue weighted by Gasteiger charge is -2.15. The number of hydrogen-bond donors (Lipinski definition) is 2. The summed E-state index contributed by atoms with van der Waals surface area (Å²) in [7, 11) is 0. The molecule has 0 saturated heterocycles. The fourth-order valence-electron chi connectivity index (χ4n) is 2.75. The molecule has 9 heteroatoms. The average molecular weight is 380 g/mol. The molecule has 0 saturated carbocycles. The van der Waals surface area contributed by atoms with E-state index in [1.54, 1.807) is 29.2 Å². The lowest BCUT2D eigenvalue weighted by molar-refractivity contribution is -0.384. The number of benzene rings is 2. The molecule has 0 aliphatic carbocycles. The third-order valence-electron chi connectivity index (χ3n) is 4.22. The van der Waals surface area contributed by atoms with E-state index in [0.717, 1.165) is 11.3 Å². The van der Waals surface area contributed by atoms with Gasteiger partial charge in [0.1, 0.15) is 18.3 Å². The highest BCUT2D eigenvalue weighted by molar-refractivity contribution is 5.77. The molecule has 1 atom stereocenters. The van der Waals surface area contributed by atoms with Crippen LogP contribution in [0.15, 0.2) is 61.2 Å². The molecule has 3 rings (SSSR count). The van der Waals surface area contributed by atoms with Gasteiger partial charge in [-0.15, -0.1) is 0 Å². The fraction of sp³-hybridized carbons (Fsp3) is 0.211. The van der Waals surface area contributed by atoms with Crippen molar-refractivity contribution in [1.29, 1.82) is 0 Å². The molecule has 2 aromatic carbocycles. The monoisotopic (exact) mass is 380 g/mol. The zero-order chi connectivity index (χ0) is 19.9. The van der Waals surface area contributed by atoms with Gasteiger partial charge in [0, 0.05) is 19.0 Å². The maximum absolute atomic E-state index is 12.2. The van der Waals surface area contributed by atoms with Crippen LogP contribution < -0.4 is 10.6 Å². The van der Waals surface area contributed by atoms with E-state index in [0.29, 0.717) is 12.2 Å². The summed E-state index contributed by atoms with van der Waals surface area (Å²) >= 11 is 0. The number of nitro benzene ring substituents is 1. The van der Waals surface area contributed by atoms with Gasteiger partial charge in [-0.25, -0.2) is 9.67 Å². The molecule has 1 aromatic heterocycles. The van der Waals surface area contributed by atoms with Gasteiger partial charge in [0.25, 0.3) is 5.69 Å². The average Bonchev–Trinajstić information content (AvgIpc) is 3.23. The fourth-order valence-corrected chi connectivity index (χ4v) is 2.75. The van der Waals surface area contributed by atoms with Crippen molar-refractivity contribution in [1.82, 2.24) is 20.1 Å². The maximum Gasteiger partial charge on any atom is 0.292 e. The third kappa shape index (κ3) is 4.70. The van der Waals surface area contributed by atoms with Crippen LogP contribution >= 0.6 is 0 Å².